The number of pyridine rings is 1. The van der Waals surface area contributed by atoms with Crippen molar-refractivity contribution in [3.8, 4) is 16.9 Å². The van der Waals surface area contributed by atoms with Gasteiger partial charge >= 0.3 is 18.4 Å². The SMILES string of the molecule is COc1ccc(C2CCCC2)cc1-c1ccc(N2CCC2)nc1CN1C(=O)O[C@H](c2cc(C(F)(F)F)cc(C(F)(F)F)c2)[C@@H]1C. The van der Waals surface area contributed by atoms with E-state index in [0.717, 1.165) is 62.1 Å². The van der Waals surface area contributed by atoms with E-state index in [1.807, 2.05) is 18.2 Å². The summed E-state index contributed by atoms with van der Waals surface area (Å²) in [5.74, 6) is 1.76. The van der Waals surface area contributed by atoms with Crippen LogP contribution in [-0.2, 0) is 23.6 Å². The molecule has 1 aliphatic carbocycles. The van der Waals surface area contributed by atoms with Crippen LogP contribution in [0.4, 0.5) is 37.0 Å². The molecule has 0 spiro atoms. The molecule has 1 saturated carbocycles. The highest BCUT2D eigenvalue weighted by molar-refractivity contribution is 5.76. The van der Waals surface area contributed by atoms with Gasteiger partial charge in [-0.15, -0.1) is 0 Å². The van der Waals surface area contributed by atoms with Crippen LogP contribution in [0.3, 0.4) is 0 Å². The average molecular weight is 634 g/mol. The number of benzene rings is 2. The number of alkyl halides is 6. The number of ether oxygens (including phenoxy) is 2. The van der Waals surface area contributed by atoms with Crippen molar-refractivity contribution in [2.45, 2.75) is 76.0 Å². The zero-order chi connectivity index (χ0) is 32.1. The first-order valence-electron chi connectivity index (χ1n) is 15.0. The lowest BCUT2D eigenvalue weighted by Crippen LogP contribution is -2.38. The highest BCUT2D eigenvalue weighted by Gasteiger charge is 2.43. The summed E-state index contributed by atoms with van der Waals surface area (Å²) in [5, 5.41) is 0. The van der Waals surface area contributed by atoms with Crippen LogP contribution in [0.2, 0.25) is 0 Å². The van der Waals surface area contributed by atoms with E-state index in [0.29, 0.717) is 29.5 Å². The highest BCUT2D eigenvalue weighted by atomic mass is 19.4. The fraction of sp³-hybridized carbons (Fsp3) is 0.455. The van der Waals surface area contributed by atoms with E-state index in [9.17, 15) is 31.1 Å². The summed E-state index contributed by atoms with van der Waals surface area (Å²) in [4.78, 5) is 21.5. The summed E-state index contributed by atoms with van der Waals surface area (Å²) >= 11 is 0. The quantitative estimate of drug-likeness (QED) is 0.244. The maximum absolute atomic E-state index is 13.6. The topological polar surface area (TPSA) is 54.9 Å². The van der Waals surface area contributed by atoms with Gasteiger partial charge in [0.2, 0.25) is 0 Å². The number of nitrogens with zero attached hydrogens (tertiary/aromatic N) is 3. The van der Waals surface area contributed by atoms with Crippen LogP contribution in [-0.4, -0.2) is 42.2 Å². The van der Waals surface area contributed by atoms with Gasteiger partial charge in [-0.3, -0.25) is 4.90 Å². The van der Waals surface area contributed by atoms with Crippen molar-refractivity contribution < 1.29 is 40.6 Å². The molecule has 0 bridgehead atoms. The fourth-order valence-electron chi connectivity index (χ4n) is 6.49. The molecule has 2 aliphatic heterocycles. The minimum absolute atomic E-state index is 0.0628. The molecule has 0 radical (unpaired) electrons. The largest absolute Gasteiger partial charge is 0.496 e. The zero-order valence-corrected chi connectivity index (χ0v) is 24.8. The molecule has 2 atom stereocenters. The minimum atomic E-state index is -5.02. The first-order valence-corrected chi connectivity index (χ1v) is 15.0. The van der Waals surface area contributed by atoms with Crippen molar-refractivity contribution in [1.29, 1.82) is 0 Å². The Morgan fingerprint density at radius 3 is 2.11 bits per heavy atom. The maximum Gasteiger partial charge on any atom is 0.416 e. The van der Waals surface area contributed by atoms with Gasteiger partial charge in [0, 0.05) is 24.2 Å². The van der Waals surface area contributed by atoms with E-state index in [2.05, 4.69) is 17.0 Å². The number of carbonyl (C=O) groups is 1. The summed E-state index contributed by atoms with van der Waals surface area (Å²) in [6, 6.07) is 10.3. The van der Waals surface area contributed by atoms with Crippen LogP contribution in [0.1, 0.15) is 79.0 Å². The molecule has 3 fully saturated rings. The molecule has 1 aromatic heterocycles. The van der Waals surface area contributed by atoms with E-state index >= 15 is 0 Å². The van der Waals surface area contributed by atoms with Crippen LogP contribution in [0, 0.1) is 0 Å². The molecule has 0 N–H and O–H groups in total. The molecule has 3 aromatic rings. The Morgan fingerprint density at radius 2 is 1.53 bits per heavy atom. The van der Waals surface area contributed by atoms with Crippen molar-refractivity contribution in [2.24, 2.45) is 0 Å². The molecular formula is C33H33F6N3O3. The molecule has 3 heterocycles. The molecule has 240 valence electrons. The number of hydrogen-bond acceptors (Lipinski definition) is 5. The number of amides is 1. The number of cyclic esters (lactones) is 1. The Morgan fingerprint density at radius 1 is 0.867 bits per heavy atom. The fourth-order valence-corrected chi connectivity index (χ4v) is 6.49. The van der Waals surface area contributed by atoms with Crippen molar-refractivity contribution in [3.05, 3.63) is 76.5 Å². The minimum Gasteiger partial charge on any atom is -0.496 e. The van der Waals surface area contributed by atoms with Gasteiger partial charge in [-0.1, -0.05) is 18.9 Å². The standard InChI is InChI=1S/C33H33F6N3O3/c1-19-30(22-14-23(32(34,35)36)17-24(15-22)33(37,38)39)45-31(43)42(19)18-27-25(9-11-29(40-27)41-12-5-13-41)26-16-21(8-10-28(26)44-2)20-6-3-4-7-20/h8-11,14-17,19-20,30H,3-7,12-13,18H2,1-2H3/t19-,30-/m0/s1. The third-order valence-electron chi connectivity index (χ3n) is 9.13. The smallest absolute Gasteiger partial charge is 0.416 e. The molecule has 6 rings (SSSR count). The van der Waals surface area contributed by atoms with Gasteiger partial charge in [-0.05, 0) is 85.7 Å². The maximum atomic E-state index is 13.6. The van der Waals surface area contributed by atoms with Crippen LogP contribution in [0.5, 0.6) is 5.75 Å². The molecule has 1 amide bonds. The number of carbonyl (C=O) groups excluding carboxylic acids is 1. The van der Waals surface area contributed by atoms with E-state index in [1.54, 1.807) is 14.0 Å². The Hall–Kier alpha value is -3.96. The second kappa shape index (κ2) is 11.8. The van der Waals surface area contributed by atoms with E-state index < -0.39 is 41.7 Å². The first kappa shape index (κ1) is 31.0. The molecule has 2 aromatic carbocycles. The Labute approximate surface area is 256 Å². The number of anilines is 1. The Bertz CT molecular complexity index is 1550. The van der Waals surface area contributed by atoms with Crippen LogP contribution >= 0.6 is 0 Å². The van der Waals surface area contributed by atoms with Crippen molar-refractivity contribution in [1.82, 2.24) is 9.88 Å². The van der Waals surface area contributed by atoms with Crippen molar-refractivity contribution in [2.75, 3.05) is 25.1 Å². The van der Waals surface area contributed by atoms with Gasteiger partial charge in [0.15, 0.2) is 0 Å². The van der Waals surface area contributed by atoms with Crippen molar-refractivity contribution in [3.63, 3.8) is 0 Å². The van der Waals surface area contributed by atoms with Crippen LogP contribution in [0.25, 0.3) is 11.1 Å². The van der Waals surface area contributed by atoms with Crippen molar-refractivity contribution >= 4 is 11.9 Å². The van der Waals surface area contributed by atoms with E-state index in [4.69, 9.17) is 14.5 Å². The zero-order valence-electron chi connectivity index (χ0n) is 24.8. The summed E-state index contributed by atoms with van der Waals surface area (Å²) in [6.07, 6.45) is -6.73. The average Bonchev–Trinajstić information content (AvgIpc) is 3.60. The molecule has 0 unspecified atom stereocenters. The third kappa shape index (κ3) is 6.15. The highest BCUT2D eigenvalue weighted by Crippen LogP contribution is 2.43. The molecule has 45 heavy (non-hydrogen) atoms. The lowest BCUT2D eigenvalue weighted by molar-refractivity contribution is -0.143. The molecule has 12 heteroatoms. The summed E-state index contributed by atoms with van der Waals surface area (Å²) < 4.78 is 92.7. The summed E-state index contributed by atoms with van der Waals surface area (Å²) in [7, 11) is 1.57. The Balaban J connectivity index is 1.38. The number of halogens is 6. The van der Waals surface area contributed by atoms with Gasteiger partial charge in [-0.2, -0.15) is 26.3 Å². The normalized spacial score (nSPS) is 20.8. The predicted molar refractivity (Wildman–Crippen MR) is 155 cm³/mol. The Kier molecular flexibility index (Phi) is 8.11. The summed E-state index contributed by atoms with van der Waals surface area (Å²) in [6.45, 7) is 3.12. The second-order valence-corrected chi connectivity index (χ2v) is 12.0. The number of hydrogen-bond donors (Lipinski definition) is 0. The van der Waals surface area contributed by atoms with Gasteiger partial charge in [0.25, 0.3) is 0 Å². The monoisotopic (exact) mass is 633 g/mol. The van der Waals surface area contributed by atoms with Gasteiger partial charge in [0.05, 0.1) is 36.5 Å². The van der Waals surface area contributed by atoms with Crippen LogP contribution in [0.15, 0.2) is 48.5 Å². The van der Waals surface area contributed by atoms with E-state index in [-0.39, 0.29) is 18.2 Å². The predicted octanol–water partition coefficient (Wildman–Crippen LogP) is 8.74. The molecule has 3 aliphatic rings. The number of rotatable bonds is 7. The van der Waals surface area contributed by atoms with Gasteiger partial charge in [0.1, 0.15) is 17.7 Å². The van der Waals surface area contributed by atoms with Gasteiger partial charge < -0.3 is 14.4 Å². The second-order valence-electron chi connectivity index (χ2n) is 12.0. The van der Waals surface area contributed by atoms with E-state index in [1.165, 1.54) is 10.5 Å². The lowest BCUT2D eigenvalue weighted by Gasteiger charge is -2.33. The molecule has 2 saturated heterocycles. The van der Waals surface area contributed by atoms with Crippen LogP contribution < -0.4 is 9.64 Å². The molecular weight excluding hydrogens is 600 g/mol. The lowest BCUT2D eigenvalue weighted by atomic mass is 9.92. The molecule has 6 nitrogen and oxygen atoms in total. The summed E-state index contributed by atoms with van der Waals surface area (Å²) in [5.41, 5.74) is -0.0920. The third-order valence-corrected chi connectivity index (χ3v) is 9.13. The first-order chi connectivity index (χ1) is 21.3. The van der Waals surface area contributed by atoms with Gasteiger partial charge in [-0.25, -0.2) is 9.78 Å². The number of aromatic nitrogens is 1. The number of methoxy groups -OCH3 is 1.